The van der Waals surface area contributed by atoms with Crippen LogP contribution in [0.2, 0.25) is 0 Å². The average molecular weight is 374 g/mol. The molecule has 1 aromatic rings. The number of anilines is 1. The van der Waals surface area contributed by atoms with Crippen LogP contribution in [0.5, 0.6) is 0 Å². The Labute approximate surface area is 163 Å². The van der Waals surface area contributed by atoms with Crippen LogP contribution < -0.4 is 10.6 Å². The van der Waals surface area contributed by atoms with Gasteiger partial charge in [0.2, 0.25) is 5.91 Å². The molecule has 1 aliphatic carbocycles. The number of aromatic nitrogens is 2. The Kier molecular flexibility index (Phi) is 6.35. The molecule has 1 aromatic heterocycles. The third-order valence-electron chi connectivity index (χ3n) is 6.20. The Balaban J connectivity index is 1.59. The molecule has 0 spiro atoms. The number of nitrogens with zero attached hydrogens (tertiary/aromatic N) is 4. The van der Waals surface area contributed by atoms with E-state index in [-0.39, 0.29) is 11.3 Å². The molecule has 1 aliphatic heterocycles. The highest BCUT2D eigenvalue weighted by atomic mass is 16.2. The molecule has 0 radical (unpaired) electrons. The summed E-state index contributed by atoms with van der Waals surface area (Å²) in [6.07, 6.45) is 6.53. The molecule has 2 fully saturated rings. The van der Waals surface area contributed by atoms with E-state index in [2.05, 4.69) is 29.8 Å². The molecule has 2 heterocycles. The van der Waals surface area contributed by atoms with Crippen molar-refractivity contribution in [3.8, 4) is 0 Å². The van der Waals surface area contributed by atoms with Gasteiger partial charge >= 0.3 is 0 Å². The quantitative estimate of drug-likeness (QED) is 0.859. The zero-order valence-electron chi connectivity index (χ0n) is 17.2. The number of aryl methyl sites for hydroxylation is 1. The van der Waals surface area contributed by atoms with Crippen molar-refractivity contribution in [2.45, 2.75) is 65.2 Å². The summed E-state index contributed by atoms with van der Waals surface area (Å²) in [7, 11) is 0. The lowest BCUT2D eigenvalue weighted by Gasteiger charge is -2.40. The molecule has 6 nitrogen and oxygen atoms in total. The Hall–Kier alpha value is -1.69. The van der Waals surface area contributed by atoms with Gasteiger partial charge in [0.15, 0.2) is 0 Å². The second-order valence-electron chi connectivity index (χ2n) is 8.69. The van der Waals surface area contributed by atoms with E-state index >= 15 is 0 Å². The minimum Gasteiger partial charge on any atom is -0.353 e. The molecular weight excluding hydrogens is 338 g/mol. The molecular formula is C21H35N5O. The Morgan fingerprint density at radius 3 is 2.41 bits per heavy atom. The van der Waals surface area contributed by atoms with Crippen molar-refractivity contribution in [2.24, 2.45) is 11.1 Å². The normalized spacial score (nSPS) is 20.2. The van der Waals surface area contributed by atoms with E-state index in [0.717, 1.165) is 56.4 Å². The van der Waals surface area contributed by atoms with Crippen LogP contribution in [0, 0.1) is 12.3 Å². The summed E-state index contributed by atoms with van der Waals surface area (Å²) in [6, 6.07) is 2.05. The van der Waals surface area contributed by atoms with Gasteiger partial charge in [-0.05, 0) is 31.7 Å². The molecule has 2 N–H and O–H groups in total. The highest BCUT2D eigenvalue weighted by molar-refractivity contribution is 5.77. The van der Waals surface area contributed by atoms with Crippen LogP contribution in [0.1, 0.15) is 69.8 Å². The third kappa shape index (κ3) is 4.78. The van der Waals surface area contributed by atoms with Crippen LogP contribution >= 0.6 is 0 Å². The van der Waals surface area contributed by atoms with Crippen LogP contribution in [-0.2, 0) is 4.79 Å². The predicted octanol–water partition coefficient (Wildman–Crippen LogP) is 2.86. The SMILES string of the molecule is Cc1cc(N2CCN(C(=O)CC3(CN)CCCCC3)CC2)nc(C(C)C)n1. The van der Waals surface area contributed by atoms with Gasteiger partial charge < -0.3 is 15.5 Å². The lowest BCUT2D eigenvalue weighted by atomic mass is 9.71. The van der Waals surface area contributed by atoms with E-state index in [4.69, 9.17) is 10.7 Å². The number of hydrogen-bond donors (Lipinski definition) is 1. The van der Waals surface area contributed by atoms with Gasteiger partial charge in [-0.3, -0.25) is 4.79 Å². The van der Waals surface area contributed by atoms with Crippen molar-refractivity contribution in [3.63, 3.8) is 0 Å². The smallest absolute Gasteiger partial charge is 0.223 e. The first kappa shape index (κ1) is 20.1. The van der Waals surface area contributed by atoms with E-state index in [9.17, 15) is 4.79 Å². The monoisotopic (exact) mass is 373 g/mol. The minimum absolute atomic E-state index is 0.0440. The summed E-state index contributed by atoms with van der Waals surface area (Å²) in [4.78, 5) is 26.5. The maximum atomic E-state index is 12.9. The van der Waals surface area contributed by atoms with Crippen molar-refractivity contribution in [3.05, 3.63) is 17.6 Å². The van der Waals surface area contributed by atoms with E-state index in [1.165, 1.54) is 19.3 Å². The molecule has 1 saturated heterocycles. The summed E-state index contributed by atoms with van der Waals surface area (Å²) >= 11 is 0. The molecule has 3 rings (SSSR count). The lowest BCUT2D eigenvalue weighted by Crippen LogP contribution is -2.50. The molecule has 1 saturated carbocycles. The molecule has 0 aromatic carbocycles. The van der Waals surface area contributed by atoms with E-state index < -0.39 is 0 Å². The van der Waals surface area contributed by atoms with Crippen LogP contribution in [0.4, 0.5) is 5.82 Å². The van der Waals surface area contributed by atoms with Crippen LogP contribution in [0.25, 0.3) is 0 Å². The van der Waals surface area contributed by atoms with Crippen LogP contribution in [-0.4, -0.2) is 53.5 Å². The maximum absolute atomic E-state index is 12.9. The highest BCUT2D eigenvalue weighted by Gasteiger charge is 2.35. The van der Waals surface area contributed by atoms with Crippen LogP contribution in [0.3, 0.4) is 0 Å². The van der Waals surface area contributed by atoms with Crippen LogP contribution in [0.15, 0.2) is 6.07 Å². The van der Waals surface area contributed by atoms with Gasteiger partial charge in [-0.2, -0.15) is 0 Å². The van der Waals surface area contributed by atoms with Gasteiger partial charge in [0.1, 0.15) is 11.6 Å². The summed E-state index contributed by atoms with van der Waals surface area (Å²) in [6.45, 7) is 10.1. The van der Waals surface area contributed by atoms with Crippen molar-refractivity contribution in [1.82, 2.24) is 14.9 Å². The number of amides is 1. The number of carbonyl (C=O) groups is 1. The molecule has 1 amide bonds. The topological polar surface area (TPSA) is 75.3 Å². The molecule has 6 heteroatoms. The molecule has 150 valence electrons. The second-order valence-corrected chi connectivity index (χ2v) is 8.69. The molecule has 2 aliphatic rings. The number of piperazine rings is 1. The second kappa shape index (κ2) is 8.55. The molecule has 0 atom stereocenters. The standard InChI is InChI=1S/C21H35N5O/c1-16(2)20-23-17(3)13-18(24-20)25-9-11-26(12-10-25)19(27)14-21(15-22)7-5-4-6-8-21/h13,16H,4-12,14-15,22H2,1-3H3. The average Bonchev–Trinajstić information content (AvgIpc) is 2.68. The highest BCUT2D eigenvalue weighted by Crippen LogP contribution is 2.38. The fraction of sp³-hybridized carbons (Fsp3) is 0.762. The zero-order valence-corrected chi connectivity index (χ0v) is 17.2. The largest absolute Gasteiger partial charge is 0.353 e. The third-order valence-corrected chi connectivity index (χ3v) is 6.20. The lowest BCUT2D eigenvalue weighted by molar-refractivity contribution is -0.134. The summed E-state index contributed by atoms with van der Waals surface area (Å²) in [5.41, 5.74) is 7.12. The van der Waals surface area contributed by atoms with Gasteiger partial charge in [0, 0.05) is 50.3 Å². The zero-order chi connectivity index (χ0) is 19.4. The Morgan fingerprint density at radius 2 is 1.81 bits per heavy atom. The van der Waals surface area contributed by atoms with E-state index in [0.29, 0.717) is 18.9 Å². The number of rotatable bonds is 5. The first-order valence-electron chi connectivity index (χ1n) is 10.5. The van der Waals surface area contributed by atoms with Gasteiger partial charge in [0.05, 0.1) is 0 Å². The number of nitrogens with two attached hydrogens (primary N) is 1. The molecule has 27 heavy (non-hydrogen) atoms. The molecule has 0 unspecified atom stereocenters. The van der Waals surface area contributed by atoms with Crippen molar-refractivity contribution in [2.75, 3.05) is 37.6 Å². The first-order chi connectivity index (χ1) is 12.9. The van der Waals surface area contributed by atoms with E-state index in [1.807, 2.05) is 11.8 Å². The minimum atomic E-state index is 0.0440. The van der Waals surface area contributed by atoms with Crippen molar-refractivity contribution in [1.29, 1.82) is 0 Å². The summed E-state index contributed by atoms with van der Waals surface area (Å²) < 4.78 is 0. The Morgan fingerprint density at radius 1 is 1.15 bits per heavy atom. The molecule has 0 bridgehead atoms. The van der Waals surface area contributed by atoms with Crippen molar-refractivity contribution >= 4 is 11.7 Å². The fourth-order valence-corrected chi connectivity index (χ4v) is 4.37. The predicted molar refractivity (Wildman–Crippen MR) is 109 cm³/mol. The van der Waals surface area contributed by atoms with Gasteiger partial charge in [-0.1, -0.05) is 33.1 Å². The van der Waals surface area contributed by atoms with E-state index in [1.54, 1.807) is 0 Å². The Bertz CT molecular complexity index is 646. The maximum Gasteiger partial charge on any atom is 0.223 e. The number of hydrogen-bond acceptors (Lipinski definition) is 5. The fourth-order valence-electron chi connectivity index (χ4n) is 4.37. The first-order valence-corrected chi connectivity index (χ1v) is 10.5. The summed E-state index contributed by atoms with van der Waals surface area (Å²) in [5.74, 6) is 2.48. The van der Waals surface area contributed by atoms with Gasteiger partial charge in [-0.25, -0.2) is 9.97 Å². The number of carbonyl (C=O) groups excluding carboxylic acids is 1. The van der Waals surface area contributed by atoms with Crippen molar-refractivity contribution < 1.29 is 4.79 Å². The van der Waals surface area contributed by atoms with Gasteiger partial charge in [-0.15, -0.1) is 0 Å². The summed E-state index contributed by atoms with van der Waals surface area (Å²) in [5, 5.41) is 0. The van der Waals surface area contributed by atoms with Gasteiger partial charge in [0.25, 0.3) is 0 Å².